The average molecular weight is 413 g/mol. The van der Waals surface area contributed by atoms with E-state index in [0.717, 1.165) is 30.5 Å². The number of aryl methyl sites for hydroxylation is 1. The van der Waals surface area contributed by atoms with Crippen molar-refractivity contribution in [3.63, 3.8) is 0 Å². The normalized spacial score (nSPS) is 23.6. The van der Waals surface area contributed by atoms with Crippen LogP contribution in [0.2, 0.25) is 0 Å². The molecule has 1 aromatic carbocycles. The van der Waals surface area contributed by atoms with E-state index in [0.29, 0.717) is 41.8 Å². The van der Waals surface area contributed by atoms with Crippen molar-refractivity contribution in [2.24, 2.45) is 7.05 Å². The van der Waals surface area contributed by atoms with Gasteiger partial charge in [-0.1, -0.05) is 0 Å². The van der Waals surface area contributed by atoms with Crippen LogP contribution in [0.1, 0.15) is 69.8 Å². The maximum atomic E-state index is 13.6. The average Bonchev–Trinajstić information content (AvgIpc) is 2.87. The van der Waals surface area contributed by atoms with Crippen molar-refractivity contribution in [2.75, 3.05) is 5.32 Å². The van der Waals surface area contributed by atoms with Crippen LogP contribution < -0.4 is 10.6 Å². The number of fused-ring (bicyclic) bond motifs is 1. The SMILES string of the molecule is Cc1cc(NC(=O)c2c3c(c(C)n2C)C(=O)NC2(CC3)CCC(O)CC2)ccc1F. The van der Waals surface area contributed by atoms with Gasteiger partial charge in [-0.2, -0.15) is 0 Å². The first kappa shape index (κ1) is 20.6. The van der Waals surface area contributed by atoms with Crippen molar-refractivity contribution >= 4 is 17.5 Å². The number of benzene rings is 1. The number of carbonyl (C=O) groups excluding carboxylic acids is 2. The van der Waals surface area contributed by atoms with Crippen LogP contribution in [-0.4, -0.2) is 33.1 Å². The Morgan fingerprint density at radius 3 is 2.63 bits per heavy atom. The summed E-state index contributed by atoms with van der Waals surface area (Å²) in [6.45, 7) is 3.49. The molecule has 1 fully saturated rings. The smallest absolute Gasteiger partial charge is 0.272 e. The molecule has 2 aliphatic rings. The molecule has 2 aromatic rings. The van der Waals surface area contributed by atoms with Crippen LogP contribution in [0.3, 0.4) is 0 Å². The second-order valence-corrected chi connectivity index (χ2v) is 8.73. The first-order valence-electron chi connectivity index (χ1n) is 10.5. The number of hydrogen-bond donors (Lipinski definition) is 3. The summed E-state index contributed by atoms with van der Waals surface area (Å²) in [4.78, 5) is 26.3. The van der Waals surface area contributed by atoms with Crippen LogP contribution >= 0.6 is 0 Å². The third kappa shape index (κ3) is 3.51. The molecule has 1 aliphatic carbocycles. The summed E-state index contributed by atoms with van der Waals surface area (Å²) < 4.78 is 15.3. The number of hydrogen-bond acceptors (Lipinski definition) is 3. The van der Waals surface area contributed by atoms with Gasteiger partial charge in [0.1, 0.15) is 11.5 Å². The van der Waals surface area contributed by atoms with Crippen molar-refractivity contribution in [1.29, 1.82) is 0 Å². The molecule has 0 radical (unpaired) electrons. The summed E-state index contributed by atoms with van der Waals surface area (Å²) >= 11 is 0. The Morgan fingerprint density at radius 1 is 1.27 bits per heavy atom. The lowest BCUT2D eigenvalue weighted by molar-refractivity contribution is 0.0672. The molecule has 0 bridgehead atoms. The van der Waals surface area contributed by atoms with E-state index in [-0.39, 0.29) is 29.3 Å². The molecule has 4 rings (SSSR count). The highest BCUT2D eigenvalue weighted by atomic mass is 19.1. The maximum absolute atomic E-state index is 13.6. The minimum atomic E-state index is -0.324. The molecule has 1 spiro atoms. The molecule has 30 heavy (non-hydrogen) atoms. The zero-order chi connectivity index (χ0) is 21.6. The van der Waals surface area contributed by atoms with Gasteiger partial charge in [-0.3, -0.25) is 9.59 Å². The van der Waals surface area contributed by atoms with Gasteiger partial charge in [0.05, 0.1) is 11.7 Å². The number of rotatable bonds is 2. The Kier molecular flexibility index (Phi) is 5.18. The van der Waals surface area contributed by atoms with Gasteiger partial charge in [-0.25, -0.2) is 4.39 Å². The Bertz CT molecular complexity index is 1020. The molecule has 7 heteroatoms. The van der Waals surface area contributed by atoms with Crippen LogP contribution in [0, 0.1) is 19.7 Å². The molecular formula is C23H28FN3O3. The van der Waals surface area contributed by atoms with E-state index in [1.165, 1.54) is 12.1 Å². The molecule has 1 aromatic heterocycles. The fraction of sp³-hybridized carbons (Fsp3) is 0.478. The van der Waals surface area contributed by atoms with Gasteiger partial charge in [0.2, 0.25) is 0 Å². The van der Waals surface area contributed by atoms with Crippen LogP contribution in [-0.2, 0) is 13.5 Å². The number of anilines is 1. The van der Waals surface area contributed by atoms with Crippen LogP contribution in [0.5, 0.6) is 0 Å². The van der Waals surface area contributed by atoms with Gasteiger partial charge in [-0.15, -0.1) is 0 Å². The topological polar surface area (TPSA) is 83.4 Å². The molecule has 2 heterocycles. The second kappa shape index (κ2) is 7.54. The first-order chi connectivity index (χ1) is 14.2. The summed E-state index contributed by atoms with van der Waals surface area (Å²) in [7, 11) is 1.79. The summed E-state index contributed by atoms with van der Waals surface area (Å²) in [5.74, 6) is -0.782. The van der Waals surface area contributed by atoms with Gasteiger partial charge in [-0.05, 0) is 81.7 Å². The molecule has 0 saturated heterocycles. The van der Waals surface area contributed by atoms with Crippen molar-refractivity contribution < 1.29 is 19.1 Å². The van der Waals surface area contributed by atoms with Crippen molar-refractivity contribution in [1.82, 2.24) is 9.88 Å². The monoisotopic (exact) mass is 413 g/mol. The summed E-state index contributed by atoms with van der Waals surface area (Å²) in [5, 5.41) is 15.9. The van der Waals surface area contributed by atoms with Crippen LogP contribution in [0.4, 0.5) is 10.1 Å². The summed E-state index contributed by atoms with van der Waals surface area (Å²) in [6.07, 6.45) is 3.87. The number of nitrogens with zero attached hydrogens (tertiary/aromatic N) is 1. The predicted molar refractivity (Wildman–Crippen MR) is 112 cm³/mol. The van der Waals surface area contributed by atoms with E-state index < -0.39 is 0 Å². The first-order valence-corrected chi connectivity index (χ1v) is 10.5. The Morgan fingerprint density at radius 2 is 1.97 bits per heavy atom. The molecule has 0 unspecified atom stereocenters. The van der Waals surface area contributed by atoms with E-state index in [4.69, 9.17) is 0 Å². The molecular weight excluding hydrogens is 385 g/mol. The Balaban J connectivity index is 1.66. The number of halogens is 1. The number of carbonyl (C=O) groups is 2. The Labute approximate surface area is 175 Å². The molecule has 3 N–H and O–H groups in total. The lowest BCUT2D eigenvalue weighted by atomic mass is 9.77. The Hall–Kier alpha value is -2.67. The van der Waals surface area contributed by atoms with Gasteiger partial charge in [0, 0.05) is 24.0 Å². The van der Waals surface area contributed by atoms with E-state index >= 15 is 0 Å². The van der Waals surface area contributed by atoms with Crippen LogP contribution in [0.25, 0.3) is 0 Å². The largest absolute Gasteiger partial charge is 0.393 e. The summed E-state index contributed by atoms with van der Waals surface area (Å²) in [5.41, 5.74) is 3.18. The third-order valence-corrected chi connectivity index (χ3v) is 6.79. The molecule has 160 valence electrons. The number of nitrogens with one attached hydrogen (secondary N) is 2. The van der Waals surface area contributed by atoms with Gasteiger partial charge >= 0.3 is 0 Å². The minimum Gasteiger partial charge on any atom is -0.393 e. The third-order valence-electron chi connectivity index (χ3n) is 6.79. The van der Waals surface area contributed by atoms with Gasteiger partial charge in [0.25, 0.3) is 11.8 Å². The summed E-state index contributed by atoms with van der Waals surface area (Å²) in [6, 6.07) is 4.46. The van der Waals surface area contributed by atoms with Crippen molar-refractivity contribution in [3.8, 4) is 0 Å². The molecule has 1 saturated carbocycles. The molecule has 2 amide bonds. The fourth-order valence-corrected chi connectivity index (χ4v) is 4.88. The molecule has 6 nitrogen and oxygen atoms in total. The lowest BCUT2D eigenvalue weighted by Gasteiger charge is -2.39. The van der Waals surface area contributed by atoms with Crippen molar-refractivity contribution in [3.05, 3.63) is 52.1 Å². The molecule has 0 atom stereocenters. The van der Waals surface area contributed by atoms with E-state index in [2.05, 4.69) is 10.6 Å². The van der Waals surface area contributed by atoms with E-state index in [1.807, 2.05) is 6.92 Å². The predicted octanol–water partition coefficient (Wildman–Crippen LogP) is 3.38. The van der Waals surface area contributed by atoms with Gasteiger partial charge < -0.3 is 20.3 Å². The van der Waals surface area contributed by atoms with Crippen molar-refractivity contribution in [2.45, 2.75) is 64.0 Å². The number of amides is 2. The lowest BCUT2D eigenvalue weighted by Crippen LogP contribution is -2.50. The number of aromatic nitrogens is 1. The van der Waals surface area contributed by atoms with E-state index in [1.54, 1.807) is 24.6 Å². The molecule has 1 aliphatic heterocycles. The standard InChI is InChI=1S/C23H28FN3O3/c1-13-12-15(4-5-18(13)24)25-22(30)20-17-8-11-23(9-6-16(28)7-10-23)26-21(29)19(17)14(2)27(20)3/h4-5,12,16,28H,6-11H2,1-3H3,(H,25,30)(H,26,29). The maximum Gasteiger partial charge on any atom is 0.272 e. The second-order valence-electron chi connectivity index (χ2n) is 8.73. The zero-order valence-corrected chi connectivity index (χ0v) is 17.6. The minimum absolute atomic E-state index is 0.149. The quantitative estimate of drug-likeness (QED) is 0.706. The van der Waals surface area contributed by atoms with E-state index in [9.17, 15) is 19.1 Å². The zero-order valence-electron chi connectivity index (χ0n) is 17.6. The number of aliphatic hydroxyl groups excluding tert-OH is 1. The van der Waals surface area contributed by atoms with Crippen LogP contribution in [0.15, 0.2) is 18.2 Å². The highest BCUT2D eigenvalue weighted by molar-refractivity contribution is 6.08. The highest BCUT2D eigenvalue weighted by Crippen LogP contribution is 2.37. The number of aliphatic hydroxyl groups is 1. The highest BCUT2D eigenvalue weighted by Gasteiger charge is 2.41. The van der Waals surface area contributed by atoms with Gasteiger partial charge in [0.15, 0.2) is 0 Å². The fourth-order valence-electron chi connectivity index (χ4n) is 4.88.